The molecule has 1 N–H and O–H groups in total. The lowest BCUT2D eigenvalue weighted by molar-refractivity contribution is -0.128. The third-order valence-electron chi connectivity index (χ3n) is 3.08. The standard InChI is InChI=1S/C16H12N2O4/c19-14-10-15(20)18(16(21)17-14)11-6-8-13(9-7-11)22-12-4-2-1-3-5-12/h1-9H,10H2,(H,17,19,21). The Morgan fingerprint density at radius 1 is 0.864 bits per heavy atom. The summed E-state index contributed by atoms with van der Waals surface area (Å²) >= 11 is 0. The molecule has 2 aromatic carbocycles. The van der Waals surface area contributed by atoms with Crippen molar-refractivity contribution in [3.8, 4) is 11.5 Å². The van der Waals surface area contributed by atoms with Crippen LogP contribution in [0.25, 0.3) is 0 Å². The predicted molar refractivity (Wildman–Crippen MR) is 78.6 cm³/mol. The number of nitrogens with zero attached hydrogens (tertiary/aromatic N) is 1. The zero-order valence-electron chi connectivity index (χ0n) is 11.5. The van der Waals surface area contributed by atoms with Gasteiger partial charge in [0.1, 0.15) is 17.9 Å². The summed E-state index contributed by atoms with van der Waals surface area (Å²) < 4.78 is 5.63. The Kier molecular flexibility index (Phi) is 3.57. The highest BCUT2D eigenvalue weighted by atomic mass is 16.5. The fraction of sp³-hybridized carbons (Fsp3) is 0.0625. The number of amides is 4. The van der Waals surface area contributed by atoms with Crippen LogP contribution in [0.3, 0.4) is 0 Å². The highest BCUT2D eigenvalue weighted by molar-refractivity contribution is 6.26. The average Bonchev–Trinajstić information content (AvgIpc) is 2.49. The van der Waals surface area contributed by atoms with Gasteiger partial charge in [0.05, 0.1) is 5.69 Å². The number of urea groups is 1. The minimum absolute atomic E-state index is 0.339. The van der Waals surface area contributed by atoms with Crippen molar-refractivity contribution in [3.63, 3.8) is 0 Å². The second-order valence-electron chi connectivity index (χ2n) is 4.67. The number of anilines is 1. The molecule has 4 amide bonds. The number of ether oxygens (including phenoxy) is 1. The van der Waals surface area contributed by atoms with Gasteiger partial charge in [-0.2, -0.15) is 0 Å². The molecule has 3 rings (SSSR count). The molecule has 2 aromatic rings. The van der Waals surface area contributed by atoms with E-state index in [1.54, 1.807) is 24.3 Å². The molecule has 22 heavy (non-hydrogen) atoms. The van der Waals surface area contributed by atoms with Crippen molar-refractivity contribution in [1.29, 1.82) is 0 Å². The highest BCUT2D eigenvalue weighted by Crippen LogP contribution is 2.25. The normalized spacial score (nSPS) is 14.7. The molecule has 1 heterocycles. The van der Waals surface area contributed by atoms with E-state index in [1.165, 1.54) is 0 Å². The van der Waals surface area contributed by atoms with Gasteiger partial charge in [-0.25, -0.2) is 9.69 Å². The fourth-order valence-corrected chi connectivity index (χ4v) is 2.10. The van der Waals surface area contributed by atoms with Crippen LogP contribution in [0.4, 0.5) is 10.5 Å². The van der Waals surface area contributed by atoms with Gasteiger partial charge in [-0.15, -0.1) is 0 Å². The fourth-order valence-electron chi connectivity index (χ4n) is 2.10. The van der Waals surface area contributed by atoms with Crippen LogP contribution in [-0.4, -0.2) is 17.8 Å². The first kappa shape index (κ1) is 13.8. The Labute approximate surface area is 126 Å². The van der Waals surface area contributed by atoms with E-state index in [1.807, 2.05) is 30.3 Å². The van der Waals surface area contributed by atoms with Crippen molar-refractivity contribution in [3.05, 3.63) is 54.6 Å². The summed E-state index contributed by atoms with van der Waals surface area (Å²) in [6.07, 6.45) is -0.339. The maximum atomic E-state index is 11.8. The Hall–Kier alpha value is -3.15. The first-order valence-electron chi connectivity index (χ1n) is 6.63. The van der Waals surface area contributed by atoms with Crippen LogP contribution in [0.1, 0.15) is 6.42 Å². The summed E-state index contributed by atoms with van der Waals surface area (Å²) in [7, 11) is 0. The molecular formula is C16H12N2O4. The number of benzene rings is 2. The molecule has 6 heteroatoms. The van der Waals surface area contributed by atoms with Gasteiger partial charge >= 0.3 is 6.03 Å². The molecule has 0 aliphatic carbocycles. The van der Waals surface area contributed by atoms with Gasteiger partial charge in [0.2, 0.25) is 11.8 Å². The molecule has 0 spiro atoms. The summed E-state index contributed by atoms with van der Waals surface area (Å²) in [5.41, 5.74) is 0.385. The number of carbonyl (C=O) groups is 3. The van der Waals surface area contributed by atoms with Crippen molar-refractivity contribution < 1.29 is 19.1 Å². The number of hydrogen-bond acceptors (Lipinski definition) is 4. The van der Waals surface area contributed by atoms with E-state index in [-0.39, 0.29) is 6.42 Å². The average molecular weight is 296 g/mol. The molecule has 0 bridgehead atoms. The summed E-state index contributed by atoms with van der Waals surface area (Å²) in [6, 6.07) is 15.0. The van der Waals surface area contributed by atoms with Crippen molar-refractivity contribution >= 4 is 23.5 Å². The topological polar surface area (TPSA) is 75.7 Å². The maximum Gasteiger partial charge on any atom is 0.335 e. The zero-order chi connectivity index (χ0) is 15.5. The van der Waals surface area contributed by atoms with Crippen LogP contribution in [0.15, 0.2) is 54.6 Å². The quantitative estimate of drug-likeness (QED) is 0.883. The monoisotopic (exact) mass is 296 g/mol. The lowest BCUT2D eigenvalue weighted by atomic mass is 10.2. The van der Waals surface area contributed by atoms with E-state index in [9.17, 15) is 14.4 Å². The third kappa shape index (κ3) is 2.80. The smallest absolute Gasteiger partial charge is 0.335 e. The summed E-state index contributed by atoms with van der Waals surface area (Å²) in [4.78, 5) is 35.6. The van der Waals surface area contributed by atoms with Crippen LogP contribution < -0.4 is 15.0 Å². The van der Waals surface area contributed by atoms with Crippen molar-refractivity contribution in [2.45, 2.75) is 6.42 Å². The molecule has 0 atom stereocenters. The second-order valence-corrected chi connectivity index (χ2v) is 4.67. The van der Waals surface area contributed by atoms with Gasteiger partial charge in [-0.05, 0) is 36.4 Å². The van der Waals surface area contributed by atoms with Gasteiger partial charge in [0, 0.05) is 0 Å². The molecule has 1 fully saturated rings. The van der Waals surface area contributed by atoms with Crippen LogP contribution >= 0.6 is 0 Å². The lowest BCUT2D eigenvalue weighted by Gasteiger charge is -2.24. The third-order valence-corrected chi connectivity index (χ3v) is 3.08. The molecule has 1 saturated heterocycles. The Morgan fingerprint density at radius 3 is 2.14 bits per heavy atom. The largest absolute Gasteiger partial charge is 0.457 e. The molecule has 0 radical (unpaired) electrons. The summed E-state index contributed by atoms with van der Waals surface area (Å²) in [5.74, 6) is 0.129. The Balaban J connectivity index is 1.78. The molecule has 1 aliphatic heterocycles. The first-order valence-corrected chi connectivity index (χ1v) is 6.63. The zero-order valence-corrected chi connectivity index (χ0v) is 11.5. The molecule has 0 unspecified atom stereocenters. The second kappa shape index (κ2) is 5.69. The molecule has 0 saturated carbocycles. The van der Waals surface area contributed by atoms with Gasteiger partial charge < -0.3 is 4.74 Å². The molecular weight excluding hydrogens is 284 g/mol. The van der Waals surface area contributed by atoms with E-state index in [0.717, 1.165) is 4.90 Å². The summed E-state index contributed by atoms with van der Waals surface area (Å²) in [5, 5.41) is 2.11. The molecule has 1 aliphatic rings. The Morgan fingerprint density at radius 2 is 1.50 bits per heavy atom. The number of para-hydroxylation sites is 1. The lowest BCUT2D eigenvalue weighted by Crippen LogP contribution is -2.52. The van der Waals surface area contributed by atoms with Crippen LogP contribution in [0, 0.1) is 0 Å². The maximum absolute atomic E-state index is 11.8. The van der Waals surface area contributed by atoms with Gasteiger partial charge in [-0.3, -0.25) is 14.9 Å². The van der Waals surface area contributed by atoms with Gasteiger partial charge in [0.15, 0.2) is 0 Å². The van der Waals surface area contributed by atoms with Crippen LogP contribution in [0.2, 0.25) is 0 Å². The van der Waals surface area contributed by atoms with E-state index in [4.69, 9.17) is 4.74 Å². The van der Waals surface area contributed by atoms with E-state index in [2.05, 4.69) is 5.32 Å². The number of hydrogen-bond donors (Lipinski definition) is 1. The summed E-state index contributed by atoms with van der Waals surface area (Å²) in [6.45, 7) is 0. The molecule has 6 nitrogen and oxygen atoms in total. The minimum atomic E-state index is -0.738. The number of carbonyl (C=O) groups excluding carboxylic acids is 3. The van der Waals surface area contributed by atoms with E-state index >= 15 is 0 Å². The van der Waals surface area contributed by atoms with Crippen LogP contribution in [-0.2, 0) is 9.59 Å². The Bertz CT molecular complexity index is 706. The number of imide groups is 2. The SMILES string of the molecule is O=C1CC(=O)N(c2ccc(Oc3ccccc3)cc2)C(=O)N1. The highest BCUT2D eigenvalue weighted by Gasteiger charge is 2.31. The van der Waals surface area contributed by atoms with E-state index in [0.29, 0.717) is 17.2 Å². The molecule has 0 aromatic heterocycles. The number of barbiturate groups is 1. The first-order chi connectivity index (χ1) is 10.6. The minimum Gasteiger partial charge on any atom is -0.457 e. The number of rotatable bonds is 3. The van der Waals surface area contributed by atoms with E-state index < -0.39 is 17.8 Å². The van der Waals surface area contributed by atoms with Crippen molar-refractivity contribution in [2.24, 2.45) is 0 Å². The molecule has 110 valence electrons. The van der Waals surface area contributed by atoms with Gasteiger partial charge in [-0.1, -0.05) is 18.2 Å². The number of nitrogens with one attached hydrogen (secondary N) is 1. The van der Waals surface area contributed by atoms with Crippen molar-refractivity contribution in [2.75, 3.05) is 4.90 Å². The van der Waals surface area contributed by atoms with Gasteiger partial charge in [0.25, 0.3) is 0 Å². The van der Waals surface area contributed by atoms with Crippen molar-refractivity contribution in [1.82, 2.24) is 5.32 Å². The van der Waals surface area contributed by atoms with Crippen LogP contribution in [0.5, 0.6) is 11.5 Å². The predicted octanol–water partition coefficient (Wildman–Crippen LogP) is 2.45.